The van der Waals surface area contributed by atoms with E-state index in [4.69, 9.17) is 5.11 Å². The summed E-state index contributed by atoms with van der Waals surface area (Å²) in [7, 11) is 0. The fourth-order valence-corrected chi connectivity index (χ4v) is 3.07. The molecule has 1 aromatic rings. The molecule has 0 unspecified atom stereocenters. The van der Waals surface area contributed by atoms with Gasteiger partial charge in [-0.1, -0.05) is 6.92 Å². The van der Waals surface area contributed by atoms with Crippen LogP contribution in [0.15, 0.2) is 18.2 Å². The first-order chi connectivity index (χ1) is 9.06. The molecule has 1 aliphatic carbocycles. The molecular weight excluding hydrogens is 247 g/mol. The Morgan fingerprint density at radius 2 is 2.21 bits per heavy atom. The van der Waals surface area contributed by atoms with E-state index in [1.165, 1.54) is 25.0 Å². The molecule has 102 valence electrons. The molecule has 3 atom stereocenters. The second-order valence-corrected chi connectivity index (χ2v) is 5.53. The zero-order valence-corrected chi connectivity index (χ0v) is 10.7. The maximum Gasteiger partial charge on any atom is 0.405 e. The van der Waals surface area contributed by atoms with Crippen LogP contribution in [0.25, 0.3) is 0 Å². The number of halogens is 1. The Morgan fingerprint density at radius 3 is 2.84 bits per heavy atom. The average Bonchev–Trinajstić information content (AvgIpc) is 3.16. The minimum atomic E-state index is -1.07. The summed E-state index contributed by atoms with van der Waals surface area (Å²) in [5.74, 6) is 0.374. The highest BCUT2D eigenvalue weighted by Crippen LogP contribution is 2.45. The lowest BCUT2D eigenvalue weighted by atomic mass is 9.81. The Morgan fingerprint density at radius 1 is 1.47 bits per heavy atom. The third-order valence-electron chi connectivity index (χ3n) is 4.17. The molecule has 0 bridgehead atoms. The molecule has 3 N–H and O–H groups in total. The summed E-state index contributed by atoms with van der Waals surface area (Å²) in [6.45, 7) is 2.02. The second-order valence-electron chi connectivity index (χ2n) is 5.53. The van der Waals surface area contributed by atoms with E-state index in [2.05, 4.69) is 10.6 Å². The maximum absolute atomic E-state index is 13.4. The standard InChI is InChI=1S/C14H17FN2O2/c1-7-12(8-2-3-8)16-11-5-4-9(15)6-10(11)13(7)17-14(18)19/h4-8,12-13,16-17H,2-3H2,1H3,(H,18,19)/t7-,12+,13-/m1/s1. The number of fused-ring (bicyclic) bond motifs is 1. The van der Waals surface area contributed by atoms with E-state index in [-0.39, 0.29) is 23.8 Å². The van der Waals surface area contributed by atoms with Crippen molar-refractivity contribution in [3.63, 3.8) is 0 Å². The maximum atomic E-state index is 13.4. The smallest absolute Gasteiger partial charge is 0.405 e. The first-order valence-electron chi connectivity index (χ1n) is 6.61. The van der Waals surface area contributed by atoms with E-state index >= 15 is 0 Å². The van der Waals surface area contributed by atoms with E-state index in [1.54, 1.807) is 6.07 Å². The van der Waals surface area contributed by atoms with Crippen LogP contribution in [0.4, 0.5) is 14.9 Å². The molecule has 1 aromatic carbocycles. The number of nitrogens with one attached hydrogen (secondary N) is 2. The van der Waals surface area contributed by atoms with Gasteiger partial charge < -0.3 is 15.7 Å². The quantitative estimate of drug-likeness (QED) is 0.769. The summed E-state index contributed by atoms with van der Waals surface area (Å²) >= 11 is 0. The molecule has 0 aromatic heterocycles. The largest absolute Gasteiger partial charge is 0.465 e. The molecule has 3 rings (SSSR count). The van der Waals surface area contributed by atoms with Gasteiger partial charge in [0.1, 0.15) is 5.82 Å². The minimum absolute atomic E-state index is 0.109. The lowest BCUT2D eigenvalue weighted by Gasteiger charge is -2.39. The van der Waals surface area contributed by atoms with Gasteiger partial charge in [0.25, 0.3) is 0 Å². The van der Waals surface area contributed by atoms with Crippen LogP contribution < -0.4 is 10.6 Å². The van der Waals surface area contributed by atoms with Gasteiger partial charge in [-0.2, -0.15) is 0 Å². The van der Waals surface area contributed by atoms with Crippen LogP contribution in [0.3, 0.4) is 0 Å². The summed E-state index contributed by atoms with van der Waals surface area (Å²) in [5, 5.41) is 15.0. The van der Waals surface area contributed by atoms with E-state index in [0.29, 0.717) is 11.5 Å². The number of anilines is 1. The van der Waals surface area contributed by atoms with Crippen molar-refractivity contribution in [2.75, 3.05) is 5.32 Å². The Labute approximate surface area is 111 Å². The van der Waals surface area contributed by atoms with Crippen molar-refractivity contribution in [1.82, 2.24) is 5.32 Å². The molecule has 0 radical (unpaired) electrons. The van der Waals surface area contributed by atoms with Gasteiger partial charge in [0.05, 0.1) is 6.04 Å². The normalized spacial score (nSPS) is 29.3. The van der Waals surface area contributed by atoms with Gasteiger partial charge in [0.15, 0.2) is 0 Å². The van der Waals surface area contributed by atoms with Crippen molar-refractivity contribution in [3.8, 4) is 0 Å². The summed E-state index contributed by atoms with van der Waals surface area (Å²) in [5.41, 5.74) is 1.54. The molecule has 1 amide bonds. The zero-order valence-electron chi connectivity index (χ0n) is 10.7. The van der Waals surface area contributed by atoms with Crippen molar-refractivity contribution in [2.24, 2.45) is 11.8 Å². The number of hydrogen-bond acceptors (Lipinski definition) is 2. The number of rotatable bonds is 2. The third kappa shape index (κ3) is 2.25. The van der Waals surface area contributed by atoms with Gasteiger partial charge >= 0.3 is 6.09 Å². The predicted octanol–water partition coefficient (Wildman–Crippen LogP) is 2.97. The number of hydrogen-bond donors (Lipinski definition) is 3. The summed E-state index contributed by atoms with van der Waals surface area (Å²) in [6.07, 6.45) is 1.29. The molecule has 1 aliphatic heterocycles. The van der Waals surface area contributed by atoms with Crippen molar-refractivity contribution in [2.45, 2.75) is 31.8 Å². The molecule has 1 saturated carbocycles. The van der Waals surface area contributed by atoms with Gasteiger partial charge in [-0.25, -0.2) is 9.18 Å². The molecular formula is C14H17FN2O2. The monoisotopic (exact) mass is 264 g/mol. The number of carbonyl (C=O) groups is 1. The number of amides is 1. The lowest BCUT2D eigenvalue weighted by Crippen LogP contribution is -2.44. The van der Waals surface area contributed by atoms with Crippen LogP contribution in [-0.4, -0.2) is 17.2 Å². The van der Waals surface area contributed by atoms with Crippen molar-refractivity contribution in [1.29, 1.82) is 0 Å². The number of carboxylic acid groups (broad SMARTS) is 1. The Hall–Kier alpha value is -1.78. The SMILES string of the molecule is C[C@@H]1[C@@H](C2CC2)Nc2ccc(F)cc2[C@@H]1NC(=O)O. The first-order valence-corrected chi connectivity index (χ1v) is 6.61. The van der Waals surface area contributed by atoms with Crippen LogP contribution >= 0.6 is 0 Å². The number of benzene rings is 1. The van der Waals surface area contributed by atoms with E-state index in [9.17, 15) is 9.18 Å². The minimum Gasteiger partial charge on any atom is -0.465 e. The summed E-state index contributed by atoms with van der Waals surface area (Å²) in [6, 6.07) is 4.43. The van der Waals surface area contributed by atoms with Crippen LogP contribution in [0.2, 0.25) is 0 Å². The van der Waals surface area contributed by atoms with Crippen molar-refractivity contribution >= 4 is 11.8 Å². The summed E-state index contributed by atoms with van der Waals surface area (Å²) < 4.78 is 13.4. The molecule has 1 fully saturated rings. The highest BCUT2D eigenvalue weighted by Gasteiger charge is 2.42. The molecule has 0 saturated heterocycles. The molecule has 4 nitrogen and oxygen atoms in total. The van der Waals surface area contributed by atoms with Crippen LogP contribution in [0.5, 0.6) is 0 Å². The molecule has 2 aliphatic rings. The van der Waals surface area contributed by atoms with Gasteiger partial charge in [-0.15, -0.1) is 0 Å². The van der Waals surface area contributed by atoms with Crippen LogP contribution in [0.1, 0.15) is 31.4 Å². The Balaban J connectivity index is 1.98. The summed E-state index contributed by atoms with van der Waals surface area (Å²) in [4.78, 5) is 11.0. The topological polar surface area (TPSA) is 61.4 Å². The third-order valence-corrected chi connectivity index (χ3v) is 4.17. The van der Waals surface area contributed by atoms with Crippen molar-refractivity contribution < 1.29 is 14.3 Å². The van der Waals surface area contributed by atoms with E-state index in [0.717, 1.165) is 5.69 Å². The molecule has 1 heterocycles. The van der Waals surface area contributed by atoms with Gasteiger partial charge in [-0.05, 0) is 37.0 Å². The van der Waals surface area contributed by atoms with Gasteiger partial charge in [0, 0.05) is 23.2 Å². The highest BCUT2D eigenvalue weighted by molar-refractivity contribution is 5.67. The van der Waals surface area contributed by atoms with Crippen molar-refractivity contribution in [3.05, 3.63) is 29.6 Å². The van der Waals surface area contributed by atoms with Gasteiger partial charge in [-0.3, -0.25) is 0 Å². The Kier molecular flexibility index (Phi) is 2.84. The molecule has 0 spiro atoms. The predicted molar refractivity (Wildman–Crippen MR) is 69.6 cm³/mol. The average molecular weight is 264 g/mol. The van der Waals surface area contributed by atoms with Crippen LogP contribution in [-0.2, 0) is 0 Å². The highest BCUT2D eigenvalue weighted by atomic mass is 19.1. The lowest BCUT2D eigenvalue weighted by molar-refractivity contribution is 0.181. The Bertz CT molecular complexity index is 516. The zero-order chi connectivity index (χ0) is 13.6. The van der Waals surface area contributed by atoms with E-state index in [1.807, 2.05) is 6.92 Å². The molecule has 19 heavy (non-hydrogen) atoms. The fraction of sp³-hybridized carbons (Fsp3) is 0.500. The van der Waals surface area contributed by atoms with Crippen LogP contribution in [0, 0.1) is 17.7 Å². The fourth-order valence-electron chi connectivity index (χ4n) is 3.07. The van der Waals surface area contributed by atoms with Gasteiger partial charge in [0.2, 0.25) is 0 Å². The second kappa shape index (κ2) is 4.40. The van der Waals surface area contributed by atoms with E-state index < -0.39 is 6.09 Å². The molecule has 5 heteroatoms. The first kappa shape index (κ1) is 12.3.